The fraction of sp³-hybridized carbons (Fsp3) is 0.700. The third kappa shape index (κ3) is 5.98. The third-order valence-corrected chi connectivity index (χ3v) is 1.75. The standard InChI is InChI=1S/C8H11NO4.C2H6O2/c1-2-3-8(12)13-9-6(10)4-5-7(9)11;3-1-2-4/h2-5H2,1H3;3-4H,1-2H2. The lowest BCUT2D eigenvalue weighted by molar-refractivity contribution is -0.197. The van der Waals surface area contributed by atoms with Gasteiger partial charge in [-0.05, 0) is 6.42 Å². The molecule has 0 unspecified atom stereocenters. The summed E-state index contributed by atoms with van der Waals surface area (Å²) >= 11 is 0. The molecule has 0 saturated carbocycles. The van der Waals surface area contributed by atoms with Crippen LogP contribution in [-0.4, -0.2) is 46.3 Å². The number of carbonyl (C=O) groups is 3. The zero-order valence-electron chi connectivity index (χ0n) is 9.72. The number of amides is 2. The van der Waals surface area contributed by atoms with E-state index in [1.54, 1.807) is 0 Å². The van der Waals surface area contributed by atoms with Gasteiger partial charge in [0.15, 0.2) is 0 Å². The molecule has 0 radical (unpaired) electrons. The number of carbonyl (C=O) groups excluding carboxylic acids is 3. The van der Waals surface area contributed by atoms with E-state index >= 15 is 0 Å². The first-order chi connectivity index (χ1) is 8.06. The molecular weight excluding hydrogens is 230 g/mol. The van der Waals surface area contributed by atoms with Crippen LogP contribution in [0.4, 0.5) is 0 Å². The molecule has 7 nitrogen and oxygen atoms in total. The van der Waals surface area contributed by atoms with Crippen molar-refractivity contribution in [2.24, 2.45) is 0 Å². The summed E-state index contributed by atoms with van der Waals surface area (Å²) < 4.78 is 0. The molecule has 1 aliphatic rings. The van der Waals surface area contributed by atoms with E-state index in [2.05, 4.69) is 4.84 Å². The minimum atomic E-state index is -0.536. The van der Waals surface area contributed by atoms with Gasteiger partial charge in [-0.3, -0.25) is 9.59 Å². The summed E-state index contributed by atoms with van der Waals surface area (Å²) in [6.45, 7) is 1.56. The summed E-state index contributed by atoms with van der Waals surface area (Å²) in [6.07, 6.45) is 1.13. The second-order valence-electron chi connectivity index (χ2n) is 3.24. The summed E-state index contributed by atoms with van der Waals surface area (Å²) in [4.78, 5) is 37.4. The fourth-order valence-corrected chi connectivity index (χ4v) is 1.01. The molecule has 0 spiro atoms. The molecule has 0 atom stereocenters. The van der Waals surface area contributed by atoms with E-state index in [1.165, 1.54) is 0 Å². The molecule has 7 heteroatoms. The highest BCUT2D eigenvalue weighted by molar-refractivity contribution is 6.01. The second-order valence-corrected chi connectivity index (χ2v) is 3.24. The lowest BCUT2D eigenvalue weighted by Gasteiger charge is -2.11. The topological polar surface area (TPSA) is 104 Å². The number of hydrogen-bond acceptors (Lipinski definition) is 6. The molecule has 1 saturated heterocycles. The average molecular weight is 247 g/mol. The Hall–Kier alpha value is -1.47. The van der Waals surface area contributed by atoms with Crippen molar-refractivity contribution in [2.45, 2.75) is 32.6 Å². The Kier molecular flexibility index (Phi) is 7.91. The number of aliphatic hydroxyl groups is 2. The Labute approximate surface area is 98.9 Å². The number of aliphatic hydroxyl groups excluding tert-OH is 2. The molecule has 0 aliphatic carbocycles. The highest BCUT2D eigenvalue weighted by Gasteiger charge is 2.32. The maximum Gasteiger partial charge on any atom is 0.333 e. The summed E-state index contributed by atoms with van der Waals surface area (Å²) in [7, 11) is 0. The van der Waals surface area contributed by atoms with Crippen molar-refractivity contribution in [1.29, 1.82) is 0 Å². The van der Waals surface area contributed by atoms with Crippen molar-refractivity contribution in [3.63, 3.8) is 0 Å². The van der Waals surface area contributed by atoms with Gasteiger partial charge in [0, 0.05) is 19.3 Å². The van der Waals surface area contributed by atoms with E-state index in [0.717, 1.165) is 0 Å². The number of imide groups is 1. The van der Waals surface area contributed by atoms with Gasteiger partial charge < -0.3 is 15.1 Å². The van der Waals surface area contributed by atoms with E-state index < -0.39 is 17.8 Å². The molecule has 1 fully saturated rings. The van der Waals surface area contributed by atoms with E-state index in [4.69, 9.17) is 10.2 Å². The van der Waals surface area contributed by atoms with Crippen LogP contribution in [0.2, 0.25) is 0 Å². The maximum absolute atomic E-state index is 11.0. The van der Waals surface area contributed by atoms with Crippen LogP contribution in [0, 0.1) is 0 Å². The zero-order chi connectivity index (χ0) is 13.3. The van der Waals surface area contributed by atoms with Crippen molar-refractivity contribution in [1.82, 2.24) is 5.06 Å². The highest BCUT2D eigenvalue weighted by atomic mass is 16.7. The smallest absolute Gasteiger partial charge is 0.333 e. The molecular formula is C10H17NO6. The predicted octanol–water partition coefficient (Wildman–Crippen LogP) is -0.635. The largest absolute Gasteiger partial charge is 0.394 e. The number of hydrogen-bond donors (Lipinski definition) is 2. The normalized spacial score (nSPS) is 14.4. The summed E-state index contributed by atoms with van der Waals surface area (Å²) in [5.74, 6) is -1.41. The third-order valence-electron chi connectivity index (χ3n) is 1.75. The van der Waals surface area contributed by atoms with Crippen LogP contribution in [0.25, 0.3) is 0 Å². The number of rotatable bonds is 4. The molecule has 98 valence electrons. The molecule has 2 amide bonds. The van der Waals surface area contributed by atoms with Crippen LogP contribution < -0.4 is 0 Å². The van der Waals surface area contributed by atoms with Gasteiger partial charge in [0.1, 0.15) is 0 Å². The van der Waals surface area contributed by atoms with Crippen LogP contribution in [0.3, 0.4) is 0 Å². The average Bonchev–Trinajstić information content (AvgIpc) is 2.61. The van der Waals surface area contributed by atoms with Crippen molar-refractivity contribution in [3.8, 4) is 0 Å². The summed E-state index contributed by atoms with van der Waals surface area (Å²) in [5, 5.41) is 15.8. The minimum absolute atomic E-state index is 0.125. The van der Waals surface area contributed by atoms with Gasteiger partial charge in [-0.1, -0.05) is 6.92 Å². The van der Waals surface area contributed by atoms with Gasteiger partial charge in [-0.2, -0.15) is 0 Å². The number of hydroxylamine groups is 2. The number of nitrogens with zero attached hydrogens (tertiary/aromatic N) is 1. The van der Waals surface area contributed by atoms with Gasteiger partial charge in [0.25, 0.3) is 11.8 Å². The van der Waals surface area contributed by atoms with Gasteiger partial charge in [-0.15, -0.1) is 5.06 Å². The van der Waals surface area contributed by atoms with E-state index in [1.807, 2.05) is 6.92 Å². The van der Waals surface area contributed by atoms with Crippen LogP contribution in [0.15, 0.2) is 0 Å². The first kappa shape index (κ1) is 15.5. The lowest BCUT2D eigenvalue weighted by Crippen LogP contribution is -2.31. The first-order valence-corrected chi connectivity index (χ1v) is 5.35. The molecule has 0 aromatic carbocycles. The molecule has 1 aliphatic heterocycles. The molecule has 0 aromatic rings. The maximum atomic E-state index is 11.0. The van der Waals surface area contributed by atoms with Crippen molar-refractivity contribution >= 4 is 17.8 Å². The van der Waals surface area contributed by atoms with E-state index in [9.17, 15) is 14.4 Å². The fourth-order valence-electron chi connectivity index (χ4n) is 1.01. The SMILES string of the molecule is CCCC(=O)ON1C(=O)CCC1=O.OCCO. The van der Waals surface area contributed by atoms with Crippen molar-refractivity contribution < 1.29 is 29.4 Å². The van der Waals surface area contributed by atoms with E-state index in [-0.39, 0.29) is 32.5 Å². The van der Waals surface area contributed by atoms with Gasteiger partial charge >= 0.3 is 5.97 Å². The minimum Gasteiger partial charge on any atom is -0.394 e. The Morgan fingerprint density at radius 2 is 1.71 bits per heavy atom. The Bertz CT molecular complexity index is 260. The monoisotopic (exact) mass is 247 g/mol. The quantitative estimate of drug-likeness (QED) is 0.641. The van der Waals surface area contributed by atoms with Crippen LogP contribution in [-0.2, 0) is 19.2 Å². The molecule has 1 heterocycles. The van der Waals surface area contributed by atoms with Crippen LogP contribution in [0.1, 0.15) is 32.6 Å². The molecule has 17 heavy (non-hydrogen) atoms. The van der Waals surface area contributed by atoms with Crippen molar-refractivity contribution in [2.75, 3.05) is 13.2 Å². The van der Waals surface area contributed by atoms with Crippen LogP contribution >= 0.6 is 0 Å². The van der Waals surface area contributed by atoms with Gasteiger partial charge in [0.2, 0.25) is 0 Å². The summed E-state index contributed by atoms with van der Waals surface area (Å²) in [6, 6.07) is 0. The Morgan fingerprint density at radius 1 is 1.24 bits per heavy atom. The van der Waals surface area contributed by atoms with Crippen LogP contribution in [0.5, 0.6) is 0 Å². The lowest BCUT2D eigenvalue weighted by atomic mass is 10.3. The second kappa shape index (κ2) is 8.66. The predicted molar refractivity (Wildman–Crippen MR) is 56.3 cm³/mol. The van der Waals surface area contributed by atoms with Gasteiger partial charge in [-0.25, -0.2) is 4.79 Å². The Morgan fingerprint density at radius 3 is 2.06 bits per heavy atom. The zero-order valence-corrected chi connectivity index (χ0v) is 9.72. The van der Waals surface area contributed by atoms with Gasteiger partial charge in [0.05, 0.1) is 13.2 Å². The molecule has 1 rings (SSSR count). The highest BCUT2D eigenvalue weighted by Crippen LogP contribution is 2.12. The molecule has 0 bridgehead atoms. The molecule has 2 N–H and O–H groups in total. The Balaban J connectivity index is 0.000000557. The summed E-state index contributed by atoms with van der Waals surface area (Å²) in [5.41, 5.74) is 0. The van der Waals surface area contributed by atoms with Crippen molar-refractivity contribution in [3.05, 3.63) is 0 Å². The molecule has 0 aromatic heterocycles. The first-order valence-electron chi connectivity index (χ1n) is 5.35. The van der Waals surface area contributed by atoms with E-state index in [0.29, 0.717) is 11.5 Å².